The van der Waals surface area contributed by atoms with Gasteiger partial charge in [-0.2, -0.15) is 0 Å². The molecule has 1 unspecified atom stereocenters. The summed E-state index contributed by atoms with van der Waals surface area (Å²) in [7, 11) is 1.61. The molecule has 134 valence electrons. The number of aromatic nitrogens is 1. The third-order valence-electron chi connectivity index (χ3n) is 4.47. The summed E-state index contributed by atoms with van der Waals surface area (Å²) in [4.78, 5) is 31.3. The minimum absolute atomic E-state index is 0.0263. The standard InChI is InChI=1S/C18H23N3O3S/c1-24-12-9-19-16(22)13-5-4-10-21(11-8-13)18(23)17-20-14-6-2-3-7-15(14)25-17/h2-3,6-7,13H,4-5,8-12H2,1H3,(H,19,22). The predicted molar refractivity (Wildman–Crippen MR) is 97.8 cm³/mol. The summed E-state index contributed by atoms with van der Waals surface area (Å²) in [6.07, 6.45) is 2.33. The summed E-state index contributed by atoms with van der Waals surface area (Å²) in [5.74, 6) is -0.00185. The number of likely N-dealkylation sites (tertiary alicyclic amines) is 1. The third kappa shape index (κ3) is 4.35. The molecule has 1 N–H and O–H groups in total. The molecular formula is C18H23N3O3S. The fourth-order valence-corrected chi connectivity index (χ4v) is 4.01. The molecule has 2 heterocycles. The number of carbonyl (C=O) groups excluding carboxylic acids is 2. The number of nitrogens with one attached hydrogen (secondary N) is 1. The second-order valence-corrected chi connectivity index (χ2v) is 7.22. The second-order valence-electron chi connectivity index (χ2n) is 6.19. The van der Waals surface area contributed by atoms with Crippen molar-refractivity contribution in [2.45, 2.75) is 19.3 Å². The minimum atomic E-state index is -0.0370. The number of benzene rings is 1. The van der Waals surface area contributed by atoms with E-state index in [4.69, 9.17) is 4.74 Å². The normalized spacial score (nSPS) is 18.1. The van der Waals surface area contributed by atoms with Crippen LogP contribution in [0.5, 0.6) is 0 Å². The van der Waals surface area contributed by atoms with Crippen LogP contribution in [0.15, 0.2) is 24.3 Å². The van der Waals surface area contributed by atoms with Gasteiger partial charge in [-0.15, -0.1) is 11.3 Å². The van der Waals surface area contributed by atoms with Crippen molar-refractivity contribution in [3.8, 4) is 0 Å². The van der Waals surface area contributed by atoms with Gasteiger partial charge in [0.05, 0.1) is 16.8 Å². The smallest absolute Gasteiger partial charge is 0.282 e. The molecule has 2 aromatic rings. The molecule has 2 amide bonds. The van der Waals surface area contributed by atoms with Crippen molar-refractivity contribution in [1.82, 2.24) is 15.2 Å². The van der Waals surface area contributed by atoms with Crippen molar-refractivity contribution < 1.29 is 14.3 Å². The molecule has 0 spiro atoms. The van der Waals surface area contributed by atoms with Crippen molar-refractivity contribution in [2.75, 3.05) is 33.4 Å². The Morgan fingerprint density at radius 1 is 1.32 bits per heavy atom. The number of ether oxygens (including phenoxy) is 1. The summed E-state index contributed by atoms with van der Waals surface area (Å²) in [6.45, 7) is 2.31. The van der Waals surface area contributed by atoms with Gasteiger partial charge in [0.25, 0.3) is 5.91 Å². The van der Waals surface area contributed by atoms with Crippen LogP contribution in [0.1, 0.15) is 29.1 Å². The number of para-hydroxylation sites is 1. The number of hydrogen-bond donors (Lipinski definition) is 1. The van der Waals surface area contributed by atoms with E-state index in [0.29, 0.717) is 37.7 Å². The average molecular weight is 361 g/mol. The molecule has 25 heavy (non-hydrogen) atoms. The molecule has 3 rings (SSSR count). The summed E-state index contributed by atoms with van der Waals surface area (Å²) in [6, 6.07) is 7.78. The van der Waals surface area contributed by atoms with Gasteiger partial charge in [-0.05, 0) is 31.4 Å². The molecular weight excluding hydrogens is 338 g/mol. The lowest BCUT2D eigenvalue weighted by Crippen LogP contribution is -2.35. The maximum absolute atomic E-state index is 12.8. The molecule has 7 heteroatoms. The molecule has 1 fully saturated rings. The number of thiazole rings is 1. The van der Waals surface area contributed by atoms with E-state index in [1.54, 1.807) is 7.11 Å². The summed E-state index contributed by atoms with van der Waals surface area (Å²) < 4.78 is 5.98. The zero-order valence-corrected chi connectivity index (χ0v) is 15.2. The molecule has 1 aliphatic rings. The fraction of sp³-hybridized carbons (Fsp3) is 0.500. The number of fused-ring (bicyclic) bond motifs is 1. The monoisotopic (exact) mass is 361 g/mol. The molecule has 0 saturated carbocycles. The largest absolute Gasteiger partial charge is 0.383 e. The molecule has 0 bridgehead atoms. The number of amides is 2. The van der Waals surface area contributed by atoms with Gasteiger partial charge < -0.3 is 15.0 Å². The van der Waals surface area contributed by atoms with Crippen LogP contribution in [0, 0.1) is 5.92 Å². The highest BCUT2D eigenvalue weighted by atomic mass is 32.1. The van der Waals surface area contributed by atoms with Gasteiger partial charge in [0.15, 0.2) is 5.01 Å². The minimum Gasteiger partial charge on any atom is -0.383 e. The predicted octanol–water partition coefficient (Wildman–Crippen LogP) is 2.30. The van der Waals surface area contributed by atoms with E-state index >= 15 is 0 Å². The van der Waals surface area contributed by atoms with Crippen LogP contribution in [0.3, 0.4) is 0 Å². The number of rotatable bonds is 5. The molecule has 1 saturated heterocycles. The molecule has 0 radical (unpaired) electrons. The van der Waals surface area contributed by atoms with Gasteiger partial charge in [0, 0.05) is 32.7 Å². The van der Waals surface area contributed by atoms with E-state index in [0.717, 1.165) is 23.1 Å². The van der Waals surface area contributed by atoms with Gasteiger partial charge in [0.1, 0.15) is 0 Å². The zero-order chi connectivity index (χ0) is 17.6. The Labute approximate surface area is 151 Å². The van der Waals surface area contributed by atoms with Crippen molar-refractivity contribution in [2.24, 2.45) is 5.92 Å². The Morgan fingerprint density at radius 2 is 2.16 bits per heavy atom. The van der Waals surface area contributed by atoms with Gasteiger partial charge in [-0.1, -0.05) is 12.1 Å². The zero-order valence-electron chi connectivity index (χ0n) is 14.4. The van der Waals surface area contributed by atoms with Crippen molar-refractivity contribution >= 4 is 33.4 Å². The van der Waals surface area contributed by atoms with Gasteiger partial charge in [-0.3, -0.25) is 9.59 Å². The number of carbonyl (C=O) groups is 2. The summed E-state index contributed by atoms with van der Waals surface area (Å²) in [5.41, 5.74) is 0.862. The molecule has 1 aromatic heterocycles. The highest BCUT2D eigenvalue weighted by Crippen LogP contribution is 2.24. The fourth-order valence-electron chi connectivity index (χ4n) is 3.08. The second kappa shape index (κ2) is 8.40. The van der Waals surface area contributed by atoms with Gasteiger partial charge in [-0.25, -0.2) is 4.98 Å². The Balaban J connectivity index is 1.60. The molecule has 1 aromatic carbocycles. The molecule has 1 atom stereocenters. The van der Waals surface area contributed by atoms with E-state index in [1.165, 1.54) is 11.3 Å². The van der Waals surface area contributed by atoms with E-state index in [2.05, 4.69) is 10.3 Å². The Bertz CT molecular complexity index is 713. The average Bonchev–Trinajstić information content (AvgIpc) is 2.90. The highest BCUT2D eigenvalue weighted by molar-refractivity contribution is 7.20. The van der Waals surface area contributed by atoms with E-state index in [-0.39, 0.29) is 17.7 Å². The van der Waals surface area contributed by atoms with Crippen molar-refractivity contribution in [3.63, 3.8) is 0 Å². The highest BCUT2D eigenvalue weighted by Gasteiger charge is 2.26. The van der Waals surface area contributed by atoms with Crippen LogP contribution in [0.25, 0.3) is 10.2 Å². The van der Waals surface area contributed by atoms with E-state index in [1.807, 2.05) is 29.2 Å². The SMILES string of the molecule is COCCNC(=O)C1CCCN(C(=O)c2nc3ccccc3s2)CC1. The molecule has 0 aliphatic carbocycles. The third-order valence-corrected chi connectivity index (χ3v) is 5.49. The quantitative estimate of drug-likeness (QED) is 0.830. The van der Waals surface area contributed by atoms with Crippen LogP contribution < -0.4 is 5.32 Å². The Hall–Kier alpha value is -1.99. The van der Waals surface area contributed by atoms with Crippen LogP contribution in [0.4, 0.5) is 0 Å². The summed E-state index contributed by atoms with van der Waals surface area (Å²) in [5, 5.41) is 3.43. The van der Waals surface area contributed by atoms with Crippen molar-refractivity contribution in [1.29, 1.82) is 0 Å². The maximum Gasteiger partial charge on any atom is 0.282 e. The first kappa shape index (κ1) is 17.8. The van der Waals surface area contributed by atoms with Gasteiger partial charge >= 0.3 is 0 Å². The maximum atomic E-state index is 12.8. The Kier molecular flexibility index (Phi) is 5.99. The molecule has 6 nitrogen and oxygen atoms in total. The first-order valence-electron chi connectivity index (χ1n) is 8.60. The van der Waals surface area contributed by atoms with E-state index < -0.39 is 0 Å². The van der Waals surface area contributed by atoms with Crippen LogP contribution in [-0.2, 0) is 9.53 Å². The summed E-state index contributed by atoms with van der Waals surface area (Å²) >= 11 is 1.43. The first-order chi connectivity index (χ1) is 12.2. The lowest BCUT2D eigenvalue weighted by atomic mass is 10.00. The number of methoxy groups -OCH3 is 1. The first-order valence-corrected chi connectivity index (χ1v) is 9.42. The van der Waals surface area contributed by atoms with Crippen LogP contribution in [-0.4, -0.2) is 55.0 Å². The van der Waals surface area contributed by atoms with Gasteiger partial charge in [0.2, 0.25) is 5.91 Å². The number of nitrogens with zero attached hydrogens (tertiary/aromatic N) is 2. The van der Waals surface area contributed by atoms with Crippen LogP contribution in [0.2, 0.25) is 0 Å². The molecule has 1 aliphatic heterocycles. The van der Waals surface area contributed by atoms with E-state index in [9.17, 15) is 9.59 Å². The lowest BCUT2D eigenvalue weighted by Gasteiger charge is -2.19. The lowest BCUT2D eigenvalue weighted by molar-refractivity contribution is -0.125. The Morgan fingerprint density at radius 3 is 2.96 bits per heavy atom. The topological polar surface area (TPSA) is 71.5 Å². The van der Waals surface area contributed by atoms with Crippen LogP contribution >= 0.6 is 11.3 Å². The number of hydrogen-bond acceptors (Lipinski definition) is 5. The van der Waals surface area contributed by atoms with Crippen molar-refractivity contribution in [3.05, 3.63) is 29.3 Å².